The first kappa shape index (κ1) is 24.8. The summed E-state index contributed by atoms with van der Waals surface area (Å²) in [6, 6.07) is 2.01. The third kappa shape index (κ3) is 6.12. The lowest BCUT2D eigenvalue weighted by molar-refractivity contribution is -0.0634. The van der Waals surface area contributed by atoms with Crippen molar-refractivity contribution in [3.05, 3.63) is 48.4 Å². The second-order valence-corrected chi connectivity index (χ2v) is 9.17. The largest absolute Gasteiger partial charge is 0.337 e. The van der Waals surface area contributed by atoms with Gasteiger partial charge in [-0.15, -0.1) is 0 Å². The Labute approximate surface area is 212 Å². The maximum atomic E-state index is 13.6. The van der Waals surface area contributed by atoms with E-state index in [1.54, 1.807) is 23.3 Å². The Bertz CT molecular complexity index is 1360. The third-order valence-corrected chi connectivity index (χ3v) is 6.20. The van der Waals surface area contributed by atoms with Gasteiger partial charge in [-0.1, -0.05) is 0 Å². The standard InChI is InChI=1S/C24H29F2N11/c1-16-20(8-17(10-30-16)9-27-5-7-37-6-3-4-24(25,26)14-37)33-21-19-13-31-23(34-22(19)36(2)35-21)32-18-11-28-15-29-12-18/h8,10-13,15,27H,3-7,9,14H2,1-2H3,(H,33,35)(H,31,32,34). The molecule has 4 aromatic rings. The SMILES string of the molecule is Cc1ncc(CNCCN2CCCC(F)(F)C2)cc1Nc1nn(C)c2nc(Nc3cncnc3)ncc12. The smallest absolute Gasteiger partial charge is 0.260 e. The van der Waals surface area contributed by atoms with Crippen LogP contribution in [0.3, 0.4) is 0 Å². The summed E-state index contributed by atoms with van der Waals surface area (Å²) >= 11 is 0. The highest BCUT2D eigenvalue weighted by atomic mass is 19.3. The van der Waals surface area contributed by atoms with Crippen molar-refractivity contribution in [1.29, 1.82) is 0 Å². The molecule has 0 bridgehead atoms. The molecule has 0 amide bonds. The molecule has 1 saturated heterocycles. The van der Waals surface area contributed by atoms with Crippen LogP contribution >= 0.6 is 0 Å². The highest BCUT2D eigenvalue weighted by Crippen LogP contribution is 2.27. The van der Waals surface area contributed by atoms with Crippen molar-refractivity contribution in [3.8, 4) is 0 Å². The van der Waals surface area contributed by atoms with Gasteiger partial charge in [0, 0.05) is 45.5 Å². The second kappa shape index (κ2) is 10.6. The van der Waals surface area contributed by atoms with E-state index in [1.807, 2.05) is 31.1 Å². The number of rotatable bonds is 9. The molecular weight excluding hydrogens is 480 g/mol. The van der Waals surface area contributed by atoms with Crippen LogP contribution in [0.1, 0.15) is 24.1 Å². The molecule has 3 N–H and O–H groups in total. The number of fused-ring (bicyclic) bond motifs is 1. The number of piperidine rings is 1. The molecule has 0 atom stereocenters. The number of alkyl halides is 2. The number of likely N-dealkylation sites (tertiary alicyclic amines) is 1. The van der Waals surface area contributed by atoms with Crippen molar-refractivity contribution in [1.82, 2.24) is 44.9 Å². The first-order valence-electron chi connectivity index (χ1n) is 12.1. The van der Waals surface area contributed by atoms with Crippen molar-refractivity contribution in [2.24, 2.45) is 7.05 Å². The Morgan fingerprint density at radius 2 is 1.92 bits per heavy atom. The van der Waals surface area contributed by atoms with Crippen molar-refractivity contribution in [3.63, 3.8) is 0 Å². The van der Waals surface area contributed by atoms with Crippen LogP contribution in [0.25, 0.3) is 11.0 Å². The maximum absolute atomic E-state index is 13.6. The molecule has 5 rings (SSSR count). The van der Waals surface area contributed by atoms with Crippen molar-refractivity contribution in [2.45, 2.75) is 32.2 Å². The zero-order valence-electron chi connectivity index (χ0n) is 20.7. The van der Waals surface area contributed by atoms with Gasteiger partial charge in [-0.05, 0) is 31.5 Å². The fourth-order valence-corrected chi connectivity index (χ4v) is 4.32. The molecule has 0 saturated carbocycles. The van der Waals surface area contributed by atoms with Crippen LogP contribution in [-0.4, -0.2) is 71.7 Å². The average molecular weight is 510 g/mol. The minimum Gasteiger partial charge on any atom is -0.337 e. The van der Waals surface area contributed by atoms with Gasteiger partial charge >= 0.3 is 0 Å². The Balaban J connectivity index is 1.23. The first-order valence-corrected chi connectivity index (χ1v) is 12.1. The topological polar surface area (TPSA) is 122 Å². The van der Waals surface area contributed by atoms with Gasteiger partial charge in [-0.25, -0.2) is 28.4 Å². The number of pyridine rings is 1. The fourth-order valence-electron chi connectivity index (χ4n) is 4.32. The number of hydrogen-bond donors (Lipinski definition) is 3. The molecule has 0 radical (unpaired) electrons. The molecule has 0 unspecified atom stereocenters. The summed E-state index contributed by atoms with van der Waals surface area (Å²) in [5.74, 6) is -1.54. The highest BCUT2D eigenvalue weighted by molar-refractivity contribution is 5.89. The molecule has 11 nitrogen and oxygen atoms in total. The number of aromatic nitrogens is 7. The monoisotopic (exact) mass is 509 g/mol. The molecule has 5 heterocycles. The number of nitrogens with zero attached hydrogens (tertiary/aromatic N) is 8. The van der Waals surface area contributed by atoms with E-state index >= 15 is 0 Å². The minimum absolute atomic E-state index is 0.0133. The Hall–Kier alpha value is -3.84. The molecule has 0 aliphatic carbocycles. The molecule has 37 heavy (non-hydrogen) atoms. The lowest BCUT2D eigenvalue weighted by Crippen LogP contribution is -2.44. The van der Waals surface area contributed by atoms with Crippen LogP contribution < -0.4 is 16.0 Å². The summed E-state index contributed by atoms with van der Waals surface area (Å²) < 4.78 is 28.9. The predicted octanol–water partition coefficient (Wildman–Crippen LogP) is 3.16. The zero-order chi connectivity index (χ0) is 25.8. The molecule has 0 aromatic carbocycles. The normalized spacial score (nSPS) is 15.7. The van der Waals surface area contributed by atoms with E-state index in [4.69, 9.17) is 0 Å². The van der Waals surface area contributed by atoms with E-state index in [9.17, 15) is 8.78 Å². The Kier molecular flexibility index (Phi) is 7.15. The van der Waals surface area contributed by atoms with E-state index in [-0.39, 0.29) is 13.0 Å². The number of halogens is 2. The van der Waals surface area contributed by atoms with Gasteiger partial charge in [-0.2, -0.15) is 10.1 Å². The quantitative estimate of drug-likeness (QED) is 0.290. The van der Waals surface area contributed by atoms with Crippen LogP contribution in [0.2, 0.25) is 0 Å². The second-order valence-electron chi connectivity index (χ2n) is 9.17. The summed E-state index contributed by atoms with van der Waals surface area (Å²) in [6.45, 7) is 4.28. The Morgan fingerprint density at radius 3 is 2.73 bits per heavy atom. The summed E-state index contributed by atoms with van der Waals surface area (Å²) in [7, 11) is 1.82. The van der Waals surface area contributed by atoms with Gasteiger partial charge in [0.15, 0.2) is 11.5 Å². The summed E-state index contributed by atoms with van der Waals surface area (Å²) in [4.78, 5) is 23.3. The van der Waals surface area contributed by atoms with Crippen LogP contribution in [-0.2, 0) is 13.6 Å². The number of aryl methyl sites for hydroxylation is 2. The minimum atomic E-state index is -2.57. The predicted molar refractivity (Wildman–Crippen MR) is 136 cm³/mol. The van der Waals surface area contributed by atoms with Crippen LogP contribution in [0.5, 0.6) is 0 Å². The number of hydrogen-bond acceptors (Lipinski definition) is 10. The van der Waals surface area contributed by atoms with Gasteiger partial charge in [0.05, 0.1) is 41.4 Å². The highest BCUT2D eigenvalue weighted by Gasteiger charge is 2.34. The lowest BCUT2D eigenvalue weighted by Gasteiger charge is -2.32. The molecular formula is C24H29F2N11. The number of nitrogens with one attached hydrogen (secondary N) is 3. The van der Waals surface area contributed by atoms with E-state index in [0.717, 1.165) is 28.9 Å². The van der Waals surface area contributed by atoms with Crippen LogP contribution in [0.15, 0.2) is 37.2 Å². The molecule has 1 fully saturated rings. The van der Waals surface area contributed by atoms with Crippen molar-refractivity contribution < 1.29 is 8.78 Å². The zero-order valence-corrected chi connectivity index (χ0v) is 20.7. The molecule has 13 heteroatoms. The summed E-state index contributed by atoms with van der Waals surface area (Å²) in [5.41, 5.74) is 3.96. The Morgan fingerprint density at radius 1 is 1.08 bits per heavy atom. The van der Waals surface area contributed by atoms with E-state index in [1.165, 1.54) is 6.33 Å². The first-order chi connectivity index (χ1) is 17.9. The van der Waals surface area contributed by atoms with Gasteiger partial charge in [0.1, 0.15) is 6.33 Å². The molecule has 0 spiro atoms. The van der Waals surface area contributed by atoms with Gasteiger partial charge < -0.3 is 16.0 Å². The maximum Gasteiger partial charge on any atom is 0.260 e. The average Bonchev–Trinajstić information content (AvgIpc) is 3.18. The lowest BCUT2D eigenvalue weighted by atomic mass is 10.1. The third-order valence-electron chi connectivity index (χ3n) is 6.20. The van der Waals surface area contributed by atoms with E-state index < -0.39 is 5.92 Å². The summed E-state index contributed by atoms with van der Waals surface area (Å²) in [6.07, 6.45) is 8.78. The fraction of sp³-hybridized carbons (Fsp3) is 0.417. The van der Waals surface area contributed by atoms with Gasteiger partial charge in [0.25, 0.3) is 5.92 Å². The molecule has 1 aliphatic rings. The molecule has 1 aliphatic heterocycles. The van der Waals surface area contributed by atoms with Crippen LogP contribution in [0.4, 0.5) is 31.9 Å². The van der Waals surface area contributed by atoms with Crippen molar-refractivity contribution >= 4 is 34.2 Å². The summed E-state index contributed by atoms with van der Waals surface area (Å²) in [5, 5.41) is 15.1. The van der Waals surface area contributed by atoms with Crippen LogP contribution in [0, 0.1) is 6.92 Å². The van der Waals surface area contributed by atoms with Gasteiger partial charge in [-0.3, -0.25) is 9.88 Å². The van der Waals surface area contributed by atoms with E-state index in [0.29, 0.717) is 49.2 Å². The molecule has 4 aromatic heterocycles. The van der Waals surface area contributed by atoms with Gasteiger partial charge in [0.2, 0.25) is 5.95 Å². The molecule has 194 valence electrons. The van der Waals surface area contributed by atoms with E-state index in [2.05, 4.69) is 46.0 Å². The number of anilines is 4. The van der Waals surface area contributed by atoms with Crippen molar-refractivity contribution in [2.75, 3.05) is 36.8 Å².